The van der Waals surface area contributed by atoms with Gasteiger partial charge in [0.1, 0.15) is 0 Å². The zero-order valence-corrected chi connectivity index (χ0v) is 10.3. The Hall–Kier alpha value is -1.36. The molecular formula is C11H18O5. The Morgan fingerprint density at radius 3 is 1.75 bits per heavy atom. The number of allylic oxidation sites excluding steroid dienone is 1. The third-order valence-corrected chi connectivity index (χ3v) is 1.38. The van der Waals surface area contributed by atoms with Crippen LogP contribution < -0.4 is 0 Å². The van der Waals surface area contributed by atoms with Crippen LogP contribution in [0.5, 0.6) is 0 Å². The highest BCUT2D eigenvalue weighted by Crippen LogP contribution is 2.20. The van der Waals surface area contributed by atoms with Gasteiger partial charge in [0.05, 0.1) is 6.61 Å². The van der Waals surface area contributed by atoms with Crippen LogP contribution in [0.3, 0.4) is 0 Å². The van der Waals surface area contributed by atoms with Crippen molar-refractivity contribution in [3.63, 3.8) is 0 Å². The van der Waals surface area contributed by atoms with Crippen molar-refractivity contribution >= 4 is 11.9 Å². The average molecular weight is 230 g/mol. The number of esters is 2. The second kappa shape index (κ2) is 6.27. The molecular weight excluding hydrogens is 212 g/mol. The molecule has 0 aromatic heterocycles. The van der Waals surface area contributed by atoms with Crippen LogP contribution in [0.15, 0.2) is 11.6 Å². The van der Waals surface area contributed by atoms with Crippen molar-refractivity contribution in [3.05, 3.63) is 11.6 Å². The first kappa shape index (κ1) is 14.6. The highest BCUT2D eigenvalue weighted by Gasteiger charge is 2.36. The van der Waals surface area contributed by atoms with E-state index in [0.29, 0.717) is 0 Å². The van der Waals surface area contributed by atoms with E-state index in [1.54, 1.807) is 20.8 Å². The smallest absolute Gasteiger partial charge is 0.395 e. The maximum absolute atomic E-state index is 11.0. The largest absolute Gasteiger partial charge is 0.398 e. The summed E-state index contributed by atoms with van der Waals surface area (Å²) < 4.78 is 15.0. The van der Waals surface area contributed by atoms with Gasteiger partial charge in [-0.05, 0) is 20.8 Å². The van der Waals surface area contributed by atoms with E-state index in [9.17, 15) is 9.59 Å². The molecule has 0 aliphatic heterocycles. The molecule has 0 heterocycles. The molecule has 0 atom stereocenters. The Labute approximate surface area is 95.4 Å². The first-order valence-corrected chi connectivity index (χ1v) is 5.00. The summed E-state index contributed by atoms with van der Waals surface area (Å²) in [5.74, 6) is -2.93. The molecule has 0 aliphatic carbocycles. The van der Waals surface area contributed by atoms with Gasteiger partial charge in [-0.3, -0.25) is 9.59 Å². The topological polar surface area (TPSA) is 61.8 Å². The molecule has 0 radical (unpaired) electrons. The highest BCUT2D eigenvalue weighted by atomic mass is 16.9. The van der Waals surface area contributed by atoms with Gasteiger partial charge in [-0.1, -0.05) is 5.57 Å². The van der Waals surface area contributed by atoms with Crippen molar-refractivity contribution in [2.24, 2.45) is 0 Å². The van der Waals surface area contributed by atoms with Crippen molar-refractivity contribution in [3.8, 4) is 0 Å². The van der Waals surface area contributed by atoms with Crippen LogP contribution in [0.1, 0.15) is 34.6 Å². The zero-order chi connectivity index (χ0) is 12.8. The Kier molecular flexibility index (Phi) is 5.74. The lowest BCUT2D eigenvalue weighted by Crippen LogP contribution is -2.40. The van der Waals surface area contributed by atoms with Crippen LogP contribution >= 0.6 is 0 Å². The van der Waals surface area contributed by atoms with E-state index in [1.165, 1.54) is 19.9 Å². The number of ether oxygens (including phenoxy) is 3. The molecule has 0 amide bonds. The van der Waals surface area contributed by atoms with Crippen molar-refractivity contribution in [2.45, 2.75) is 40.6 Å². The predicted molar refractivity (Wildman–Crippen MR) is 57.3 cm³/mol. The fraction of sp³-hybridized carbons (Fsp3) is 0.636. The van der Waals surface area contributed by atoms with Crippen LogP contribution in [0.2, 0.25) is 0 Å². The van der Waals surface area contributed by atoms with Gasteiger partial charge in [-0.2, -0.15) is 0 Å². The minimum Gasteiger partial charge on any atom is -0.395 e. The van der Waals surface area contributed by atoms with E-state index < -0.39 is 17.9 Å². The number of carbonyl (C=O) groups excluding carboxylic acids is 2. The van der Waals surface area contributed by atoms with Gasteiger partial charge in [-0.25, -0.2) is 0 Å². The van der Waals surface area contributed by atoms with Crippen molar-refractivity contribution in [2.75, 3.05) is 6.61 Å². The quantitative estimate of drug-likeness (QED) is 0.409. The molecule has 0 aliphatic rings. The Balaban J connectivity index is 5.10. The van der Waals surface area contributed by atoms with Crippen LogP contribution in [0.4, 0.5) is 0 Å². The van der Waals surface area contributed by atoms with Crippen LogP contribution in [-0.2, 0) is 23.8 Å². The normalized spacial score (nSPS) is 10.6. The Bertz CT molecular complexity index is 273. The molecule has 0 aromatic carbocycles. The van der Waals surface area contributed by atoms with Gasteiger partial charge >= 0.3 is 17.9 Å². The minimum absolute atomic E-state index is 0.240. The zero-order valence-electron chi connectivity index (χ0n) is 10.3. The lowest BCUT2D eigenvalue weighted by atomic mass is 10.3. The van der Waals surface area contributed by atoms with Crippen molar-refractivity contribution in [1.29, 1.82) is 0 Å². The van der Waals surface area contributed by atoms with Gasteiger partial charge in [-0.15, -0.1) is 0 Å². The SMILES string of the molecule is CCOC(C=C(C)C)(OC(C)=O)OC(C)=O. The molecule has 0 spiro atoms. The summed E-state index contributed by atoms with van der Waals surface area (Å²) in [5.41, 5.74) is 0.802. The average Bonchev–Trinajstić information content (AvgIpc) is 1.98. The van der Waals surface area contributed by atoms with Gasteiger partial charge in [0.15, 0.2) is 0 Å². The van der Waals surface area contributed by atoms with Gasteiger partial charge in [0, 0.05) is 19.9 Å². The fourth-order valence-electron chi connectivity index (χ4n) is 1.14. The first-order valence-electron chi connectivity index (χ1n) is 5.00. The number of hydrogen-bond donors (Lipinski definition) is 0. The molecule has 0 saturated heterocycles. The highest BCUT2D eigenvalue weighted by molar-refractivity contribution is 5.69. The molecule has 0 aromatic rings. The maximum atomic E-state index is 11.0. The van der Waals surface area contributed by atoms with Crippen molar-refractivity contribution in [1.82, 2.24) is 0 Å². The third kappa shape index (κ3) is 5.50. The first-order chi connectivity index (χ1) is 7.31. The Morgan fingerprint density at radius 2 is 1.50 bits per heavy atom. The van der Waals surface area contributed by atoms with Crippen LogP contribution in [-0.4, -0.2) is 24.5 Å². The molecule has 0 saturated carbocycles. The van der Waals surface area contributed by atoms with Gasteiger partial charge < -0.3 is 14.2 Å². The van der Waals surface area contributed by atoms with Crippen LogP contribution in [0, 0.1) is 0 Å². The second-order valence-corrected chi connectivity index (χ2v) is 3.45. The summed E-state index contributed by atoms with van der Waals surface area (Å²) in [7, 11) is 0. The number of rotatable bonds is 5. The standard InChI is InChI=1S/C11H18O5/c1-6-14-11(7-8(2)3,15-9(4)12)16-10(5)13/h7H,6H2,1-5H3. The molecule has 0 fully saturated rings. The molecule has 92 valence electrons. The van der Waals surface area contributed by atoms with E-state index in [2.05, 4.69) is 0 Å². The van der Waals surface area contributed by atoms with E-state index in [0.717, 1.165) is 5.57 Å². The molecule has 16 heavy (non-hydrogen) atoms. The lowest BCUT2D eigenvalue weighted by Gasteiger charge is -2.28. The summed E-state index contributed by atoms with van der Waals surface area (Å²) >= 11 is 0. The van der Waals surface area contributed by atoms with E-state index in [-0.39, 0.29) is 6.61 Å². The van der Waals surface area contributed by atoms with E-state index >= 15 is 0 Å². The molecule has 0 unspecified atom stereocenters. The summed E-state index contributed by atoms with van der Waals surface area (Å²) in [4.78, 5) is 21.9. The fourth-order valence-corrected chi connectivity index (χ4v) is 1.14. The summed E-state index contributed by atoms with van der Waals surface area (Å²) in [6, 6.07) is 0. The molecule has 5 nitrogen and oxygen atoms in total. The third-order valence-electron chi connectivity index (χ3n) is 1.38. The summed E-state index contributed by atoms with van der Waals surface area (Å²) in [6.45, 7) is 7.94. The number of hydrogen-bond acceptors (Lipinski definition) is 5. The molecule has 0 rings (SSSR count). The van der Waals surface area contributed by atoms with Gasteiger partial charge in [0.2, 0.25) is 0 Å². The molecule has 0 N–H and O–H groups in total. The minimum atomic E-state index is -1.74. The van der Waals surface area contributed by atoms with E-state index in [4.69, 9.17) is 14.2 Å². The monoisotopic (exact) mass is 230 g/mol. The maximum Gasteiger partial charge on any atom is 0.398 e. The molecule has 5 heteroatoms. The number of carbonyl (C=O) groups is 2. The predicted octanol–water partition coefficient (Wildman–Crippen LogP) is 1.77. The Morgan fingerprint density at radius 1 is 1.06 bits per heavy atom. The van der Waals surface area contributed by atoms with E-state index in [1.807, 2.05) is 0 Å². The molecule has 0 bridgehead atoms. The van der Waals surface area contributed by atoms with Gasteiger partial charge in [0.25, 0.3) is 0 Å². The second-order valence-electron chi connectivity index (χ2n) is 3.45. The lowest BCUT2D eigenvalue weighted by molar-refractivity contribution is -0.314. The van der Waals surface area contributed by atoms with Crippen molar-refractivity contribution < 1.29 is 23.8 Å². The van der Waals surface area contributed by atoms with Crippen LogP contribution in [0.25, 0.3) is 0 Å². The summed E-state index contributed by atoms with van der Waals surface area (Å²) in [5, 5.41) is 0. The summed E-state index contributed by atoms with van der Waals surface area (Å²) in [6.07, 6.45) is 1.44.